The Hall–Kier alpha value is -0.610. The highest BCUT2D eigenvalue weighted by molar-refractivity contribution is 6.21. The number of hydrogen-bond acceptors (Lipinski definition) is 3. The number of aromatic nitrogens is 3. The Morgan fingerprint density at radius 1 is 1.44 bits per heavy atom. The maximum atomic E-state index is 6.35. The number of hydrogen-bond donors (Lipinski definition) is 1. The Kier molecular flexibility index (Phi) is 4.18. The molecule has 4 nitrogen and oxygen atoms in total. The molecular formula is C11H19ClN4. The first-order valence-corrected chi connectivity index (χ1v) is 6.42. The Labute approximate surface area is 101 Å². The van der Waals surface area contributed by atoms with Crippen LogP contribution in [0.15, 0.2) is 6.20 Å². The van der Waals surface area contributed by atoms with Gasteiger partial charge in [0, 0.05) is 31.2 Å². The van der Waals surface area contributed by atoms with Gasteiger partial charge in [0.2, 0.25) is 0 Å². The molecule has 0 saturated heterocycles. The summed E-state index contributed by atoms with van der Waals surface area (Å²) in [4.78, 5) is 0. The summed E-state index contributed by atoms with van der Waals surface area (Å²) in [6.07, 6.45) is 8.09. The maximum absolute atomic E-state index is 6.35. The Morgan fingerprint density at radius 2 is 2.25 bits per heavy atom. The summed E-state index contributed by atoms with van der Waals surface area (Å²) in [6, 6.07) is 0.422. The lowest BCUT2D eigenvalue weighted by Crippen LogP contribution is -2.35. The van der Waals surface area contributed by atoms with Crippen molar-refractivity contribution in [1.82, 2.24) is 20.3 Å². The summed E-state index contributed by atoms with van der Waals surface area (Å²) in [7, 11) is 1.88. The van der Waals surface area contributed by atoms with Gasteiger partial charge in [-0.15, -0.1) is 16.7 Å². The van der Waals surface area contributed by atoms with E-state index in [1.807, 2.05) is 13.2 Å². The van der Waals surface area contributed by atoms with Crippen molar-refractivity contribution >= 4 is 11.6 Å². The van der Waals surface area contributed by atoms with E-state index in [9.17, 15) is 0 Å². The first-order valence-electron chi connectivity index (χ1n) is 5.98. The summed E-state index contributed by atoms with van der Waals surface area (Å²) < 4.78 is 1.72. The molecule has 0 aliphatic heterocycles. The quantitative estimate of drug-likeness (QED) is 0.650. The van der Waals surface area contributed by atoms with Crippen molar-refractivity contribution in [3.05, 3.63) is 11.9 Å². The predicted octanol–water partition coefficient (Wildman–Crippen LogP) is 1.84. The Morgan fingerprint density at radius 3 is 3.00 bits per heavy atom. The largest absolute Gasteiger partial charge is 0.307 e. The van der Waals surface area contributed by atoms with Crippen molar-refractivity contribution in [3.63, 3.8) is 0 Å². The number of nitrogens with zero attached hydrogens (tertiary/aromatic N) is 3. The van der Waals surface area contributed by atoms with E-state index < -0.39 is 0 Å². The van der Waals surface area contributed by atoms with Crippen LogP contribution in [0.1, 0.15) is 37.8 Å². The molecule has 16 heavy (non-hydrogen) atoms. The molecule has 2 unspecified atom stereocenters. The van der Waals surface area contributed by atoms with Crippen molar-refractivity contribution in [1.29, 1.82) is 0 Å². The number of nitrogens with one attached hydrogen (secondary N) is 1. The van der Waals surface area contributed by atoms with Crippen molar-refractivity contribution in [2.45, 2.75) is 50.1 Å². The zero-order valence-electron chi connectivity index (χ0n) is 9.69. The monoisotopic (exact) mass is 242 g/mol. The van der Waals surface area contributed by atoms with Gasteiger partial charge in [0.05, 0.1) is 5.69 Å². The number of rotatable bonds is 3. The molecule has 1 fully saturated rings. The third kappa shape index (κ3) is 3.19. The molecule has 0 radical (unpaired) electrons. The van der Waals surface area contributed by atoms with Gasteiger partial charge in [0.15, 0.2) is 0 Å². The maximum Gasteiger partial charge on any atom is 0.0964 e. The van der Waals surface area contributed by atoms with Gasteiger partial charge in [-0.2, -0.15) is 0 Å². The van der Waals surface area contributed by atoms with E-state index >= 15 is 0 Å². The van der Waals surface area contributed by atoms with E-state index in [-0.39, 0.29) is 5.38 Å². The molecule has 90 valence electrons. The lowest BCUT2D eigenvalue weighted by atomic mass is 10.1. The van der Waals surface area contributed by atoms with Crippen molar-refractivity contribution in [3.8, 4) is 0 Å². The smallest absolute Gasteiger partial charge is 0.0964 e. The van der Waals surface area contributed by atoms with Crippen LogP contribution in [0.3, 0.4) is 0 Å². The van der Waals surface area contributed by atoms with E-state index in [0.717, 1.165) is 18.7 Å². The lowest BCUT2D eigenvalue weighted by molar-refractivity contribution is 0.461. The van der Waals surface area contributed by atoms with E-state index in [0.29, 0.717) is 6.04 Å². The molecule has 2 rings (SSSR count). The van der Waals surface area contributed by atoms with Crippen LogP contribution in [-0.4, -0.2) is 26.4 Å². The van der Waals surface area contributed by atoms with Crippen LogP contribution in [0.4, 0.5) is 0 Å². The minimum atomic E-state index is 0.263. The molecule has 0 spiro atoms. The second kappa shape index (κ2) is 5.64. The van der Waals surface area contributed by atoms with E-state index in [4.69, 9.17) is 11.6 Å². The van der Waals surface area contributed by atoms with Gasteiger partial charge in [-0.05, 0) is 12.8 Å². The van der Waals surface area contributed by atoms with Gasteiger partial charge >= 0.3 is 0 Å². The average Bonchev–Trinajstić information content (AvgIpc) is 2.56. The second-order valence-corrected chi connectivity index (χ2v) is 5.09. The minimum Gasteiger partial charge on any atom is -0.307 e. The topological polar surface area (TPSA) is 42.7 Å². The van der Waals surface area contributed by atoms with Gasteiger partial charge in [0.25, 0.3) is 0 Å². The molecule has 0 bridgehead atoms. The molecule has 1 aliphatic carbocycles. The van der Waals surface area contributed by atoms with E-state index in [2.05, 4.69) is 15.6 Å². The predicted molar refractivity (Wildman–Crippen MR) is 64.4 cm³/mol. The van der Waals surface area contributed by atoms with Gasteiger partial charge in [-0.1, -0.05) is 24.5 Å². The Balaban J connectivity index is 1.83. The zero-order valence-corrected chi connectivity index (χ0v) is 10.5. The van der Waals surface area contributed by atoms with Crippen LogP contribution >= 0.6 is 11.6 Å². The first-order chi connectivity index (χ1) is 7.75. The molecule has 1 heterocycles. The summed E-state index contributed by atoms with van der Waals surface area (Å²) in [5, 5.41) is 11.7. The number of aryl methyl sites for hydroxylation is 1. The van der Waals surface area contributed by atoms with Crippen LogP contribution < -0.4 is 5.32 Å². The molecule has 1 N–H and O–H groups in total. The molecule has 0 amide bonds. The number of halogens is 1. The molecular weight excluding hydrogens is 224 g/mol. The standard InChI is InChI=1S/C11H19ClN4/c1-16-8-9(14-15-16)7-13-11-6-4-2-3-5-10(11)12/h8,10-11,13H,2-7H2,1H3. The summed E-state index contributed by atoms with van der Waals surface area (Å²) >= 11 is 6.35. The highest BCUT2D eigenvalue weighted by Crippen LogP contribution is 2.22. The lowest BCUT2D eigenvalue weighted by Gasteiger charge is -2.20. The van der Waals surface area contributed by atoms with Gasteiger partial charge in [-0.3, -0.25) is 4.68 Å². The van der Waals surface area contributed by atoms with Gasteiger partial charge < -0.3 is 5.32 Å². The second-order valence-electron chi connectivity index (χ2n) is 4.52. The fourth-order valence-corrected chi connectivity index (χ4v) is 2.57. The van der Waals surface area contributed by atoms with Crippen LogP contribution in [0.25, 0.3) is 0 Å². The molecule has 1 aromatic rings. The Bertz CT molecular complexity index is 326. The van der Waals surface area contributed by atoms with Gasteiger partial charge in [0.1, 0.15) is 0 Å². The summed E-state index contributed by atoms with van der Waals surface area (Å²) in [5.74, 6) is 0. The number of alkyl halides is 1. The van der Waals surface area contributed by atoms with Crippen LogP contribution in [0.5, 0.6) is 0 Å². The normalized spacial score (nSPS) is 26.6. The molecule has 1 saturated carbocycles. The fraction of sp³-hybridized carbons (Fsp3) is 0.818. The van der Waals surface area contributed by atoms with Crippen LogP contribution in [-0.2, 0) is 13.6 Å². The molecule has 2 atom stereocenters. The summed E-state index contributed by atoms with van der Waals surface area (Å²) in [6.45, 7) is 0.766. The summed E-state index contributed by atoms with van der Waals surface area (Å²) in [5.41, 5.74) is 0.982. The van der Waals surface area contributed by atoms with Gasteiger partial charge in [-0.25, -0.2) is 0 Å². The molecule has 1 aromatic heterocycles. The van der Waals surface area contributed by atoms with Crippen molar-refractivity contribution in [2.75, 3.05) is 0 Å². The van der Waals surface area contributed by atoms with E-state index in [1.165, 1.54) is 25.7 Å². The van der Waals surface area contributed by atoms with Crippen molar-refractivity contribution in [2.24, 2.45) is 7.05 Å². The minimum absolute atomic E-state index is 0.263. The molecule has 0 aromatic carbocycles. The highest BCUT2D eigenvalue weighted by Gasteiger charge is 2.21. The van der Waals surface area contributed by atoms with Crippen molar-refractivity contribution < 1.29 is 0 Å². The van der Waals surface area contributed by atoms with Crippen LogP contribution in [0, 0.1) is 0 Å². The highest BCUT2D eigenvalue weighted by atomic mass is 35.5. The molecule has 5 heteroatoms. The first kappa shape index (κ1) is 11.9. The molecule has 1 aliphatic rings. The SMILES string of the molecule is Cn1cc(CNC2CCCCCC2Cl)nn1. The van der Waals surface area contributed by atoms with E-state index in [1.54, 1.807) is 4.68 Å². The third-order valence-electron chi connectivity index (χ3n) is 3.13. The average molecular weight is 243 g/mol. The fourth-order valence-electron chi connectivity index (χ4n) is 2.20. The third-order valence-corrected chi connectivity index (χ3v) is 3.65. The zero-order chi connectivity index (χ0) is 11.4. The van der Waals surface area contributed by atoms with Crippen LogP contribution in [0.2, 0.25) is 0 Å².